The first kappa shape index (κ1) is 22.6. The largest absolute Gasteiger partial charge is 0.452 e. The van der Waals surface area contributed by atoms with E-state index in [9.17, 15) is 14.4 Å². The Morgan fingerprint density at radius 2 is 1.67 bits per heavy atom. The van der Waals surface area contributed by atoms with Crippen LogP contribution in [-0.2, 0) is 22.4 Å². The number of carbonyl (C=O) groups excluding carboxylic acids is 3. The number of benzene rings is 2. The summed E-state index contributed by atoms with van der Waals surface area (Å²) in [5.74, 6) is -1.02. The summed E-state index contributed by atoms with van der Waals surface area (Å²) in [7, 11) is 0. The van der Waals surface area contributed by atoms with Crippen molar-refractivity contribution in [2.24, 2.45) is 0 Å². The Kier molecular flexibility index (Phi) is 6.77. The Balaban J connectivity index is 1.34. The molecular weight excluding hydrogens is 418 g/mol. The molecule has 0 radical (unpaired) electrons. The van der Waals surface area contributed by atoms with E-state index in [4.69, 9.17) is 4.74 Å². The zero-order chi connectivity index (χ0) is 23.4. The first-order valence-electron chi connectivity index (χ1n) is 11.5. The molecule has 0 saturated heterocycles. The molecule has 3 aromatic rings. The maximum absolute atomic E-state index is 12.5. The molecule has 0 bridgehead atoms. The van der Waals surface area contributed by atoms with E-state index in [0.717, 1.165) is 30.2 Å². The number of rotatable bonds is 7. The molecule has 2 aromatic carbocycles. The summed E-state index contributed by atoms with van der Waals surface area (Å²) in [6.45, 7) is 4.75. The average molecular weight is 448 g/mol. The summed E-state index contributed by atoms with van der Waals surface area (Å²) in [5.41, 5.74) is 5.09. The van der Waals surface area contributed by atoms with Crippen molar-refractivity contribution in [1.82, 2.24) is 9.88 Å². The number of aromatic amines is 1. The molecule has 0 fully saturated rings. The first-order chi connectivity index (χ1) is 16.0. The van der Waals surface area contributed by atoms with Crippen molar-refractivity contribution in [1.29, 1.82) is 0 Å². The molecule has 0 aliphatic heterocycles. The fraction of sp³-hybridized carbons (Fsp3) is 0.346. The number of hydrogen-bond donors (Lipinski definition) is 2. The van der Waals surface area contributed by atoms with Gasteiger partial charge < -0.3 is 19.9 Å². The highest BCUT2D eigenvalue weighted by molar-refractivity contribution is 5.99. The summed E-state index contributed by atoms with van der Waals surface area (Å²) in [5, 5.41) is 3.75. The lowest BCUT2D eigenvalue weighted by Gasteiger charge is -2.18. The monoisotopic (exact) mass is 447 g/mol. The maximum Gasteiger partial charge on any atom is 0.338 e. The normalized spacial score (nSPS) is 12.8. The zero-order valence-corrected chi connectivity index (χ0v) is 19.1. The predicted octanol–water partition coefficient (Wildman–Crippen LogP) is 4.32. The summed E-state index contributed by atoms with van der Waals surface area (Å²) in [6, 6.07) is 12.1. The molecule has 2 amide bonds. The third kappa shape index (κ3) is 4.92. The molecule has 0 atom stereocenters. The van der Waals surface area contributed by atoms with Crippen LogP contribution in [0.1, 0.15) is 58.7 Å². The van der Waals surface area contributed by atoms with E-state index in [1.807, 2.05) is 26.0 Å². The Labute approximate surface area is 193 Å². The van der Waals surface area contributed by atoms with Crippen LogP contribution in [-0.4, -0.2) is 47.4 Å². The Morgan fingerprint density at radius 3 is 2.39 bits per heavy atom. The number of H-pyrrole nitrogens is 1. The summed E-state index contributed by atoms with van der Waals surface area (Å²) >= 11 is 0. The van der Waals surface area contributed by atoms with Crippen LogP contribution in [0.2, 0.25) is 0 Å². The number of ether oxygens (including phenoxy) is 1. The van der Waals surface area contributed by atoms with Gasteiger partial charge in [0.2, 0.25) is 0 Å². The zero-order valence-electron chi connectivity index (χ0n) is 19.1. The van der Waals surface area contributed by atoms with Gasteiger partial charge in [-0.15, -0.1) is 0 Å². The number of anilines is 1. The number of amides is 2. The average Bonchev–Trinajstić information content (AvgIpc) is 3.21. The number of esters is 1. The van der Waals surface area contributed by atoms with E-state index in [1.165, 1.54) is 17.7 Å². The third-order valence-electron chi connectivity index (χ3n) is 6.13. The van der Waals surface area contributed by atoms with E-state index in [0.29, 0.717) is 29.9 Å². The summed E-state index contributed by atoms with van der Waals surface area (Å²) in [4.78, 5) is 42.3. The highest BCUT2D eigenvalue weighted by Crippen LogP contribution is 2.29. The molecule has 1 aliphatic rings. The van der Waals surface area contributed by atoms with E-state index in [2.05, 4.69) is 10.3 Å². The van der Waals surface area contributed by atoms with Gasteiger partial charge in [0.15, 0.2) is 6.61 Å². The third-order valence-corrected chi connectivity index (χ3v) is 6.13. The molecule has 1 aromatic heterocycles. The predicted molar refractivity (Wildman–Crippen MR) is 128 cm³/mol. The SMILES string of the molecule is CCN(CC)C(=O)c1ccc(NC(=O)COC(=O)c2ccc3[nH]c4c(c3c2)CCCC4)cc1. The van der Waals surface area contributed by atoms with Gasteiger partial charge in [0.1, 0.15) is 0 Å². The molecule has 4 rings (SSSR count). The lowest BCUT2D eigenvalue weighted by atomic mass is 9.95. The van der Waals surface area contributed by atoms with E-state index >= 15 is 0 Å². The second-order valence-corrected chi connectivity index (χ2v) is 8.23. The number of nitrogens with one attached hydrogen (secondary N) is 2. The van der Waals surface area contributed by atoms with Gasteiger partial charge >= 0.3 is 5.97 Å². The van der Waals surface area contributed by atoms with E-state index in [1.54, 1.807) is 35.2 Å². The number of carbonyl (C=O) groups is 3. The van der Waals surface area contributed by atoms with E-state index < -0.39 is 11.9 Å². The van der Waals surface area contributed by atoms with Gasteiger partial charge in [0.05, 0.1) is 5.56 Å². The number of hydrogen-bond acceptors (Lipinski definition) is 4. The molecule has 0 unspecified atom stereocenters. The second-order valence-electron chi connectivity index (χ2n) is 8.23. The van der Waals surface area contributed by atoms with Crippen molar-refractivity contribution in [2.75, 3.05) is 25.0 Å². The number of aryl methyl sites for hydroxylation is 2. The van der Waals surface area contributed by atoms with Crippen molar-refractivity contribution in [3.8, 4) is 0 Å². The molecule has 1 aliphatic carbocycles. The summed E-state index contributed by atoms with van der Waals surface area (Å²) < 4.78 is 5.23. The van der Waals surface area contributed by atoms with Crippen LogP contribution in [0.15, 0.2) is 42.5 Å². The molecule has 172 valence electrons. The smallest absolute Gasteiger partial charge is 0.338 e. The van der Waals surface area contributed by atoms with Gasteiger partial charge in [-0.3, -0.25) is 9.59 Å². The standard InChI is InChI=1S/C26H29N3O4/c1-3-29(4-2)25(31)17-9-12-19(13-10-17)27-24(30)16-33-26(32)18-11-14-23-21(15-18)20-7-5-6-8-22(20)28-23/h9-15,28H,3-8,16H2,1-2H3,(H,27,30). The van der Waals surface area contributed by atoms with Crippen LogP contribution in [0.5, 0.6) is 0 Å². The van der Waals surface area contributed by atoms with Crippen molar-refractivity contribution in [3.05, 3.63) is 64.8 Å². The number of fused-ring (bicyclic) bond motifs is 3. The van der Waals surface area contributed by atoms with Gasteiger partial charge in [-0.2, -0.15) is 0 Å². The number of aromatic nitrogens is 1. The molecular formula is C26H29N3O4. The van der Waals surface area contributed by atoms with Gasteiger partial charge in [-0.1, -0.05) is 0 Å². The number of nitrogens with zero attached hydrogens (tertiary/aromatic N) is 1. The van der Waals surface area contributed by atoms with Crippen LogP contribution in [0.4, 0.5) is 5.69 Å². The quantitative estimate of drug-likeness (QED) is 0.528. The van der Waals surface area contributed by atoms with Crippen molar-refractivity contribution >= 4 is 34.4 Å². The second kappa shape index (κ2) is 9.90. The summed E-state index contributed by atoms with van der Waals surface area (Å²) in [6.07, 6.45) is 4.38. The van der Waals surface area contributed by atoms with Crippen LogP contribution < -0.4 is 5.32 Å². The van der Waals surface area contributed by atoms with Crippen molar-refractivity contribution in [3.63, 3.8) is 0 Å². The Hall–Kier alpha value is -3.61. The van der Waals surface area contributed by atoms with Crippen LogP contribution in [0.3, 0.4) is 0 Å². The fourth-order valence-electron chi connectivity index (χ4n) is 4.33. The maximum atomic E-state index is 12.5. The van der Waals surface area contributed by atoms with Crippen LogP contribution >= 0.6 is 0 Å². The highest BCUT2D eigenvalue weighted by atomic mass is 16.5. The molecule has 0 spiro atoms. The van der Waals surface area contributed by atoms with Gasteiger partial charge in [-0.25, -0.2) is 4.79 Å². The lowest BCUT2D eigenvalue weighted by molar-refractivity contribution is -0.119. The molecule has 0 saturated carbocycles. The molecule has 7 nitrogen and oxygen atoms in total. The molecule has 2 N–H and O–H groups in total. The van der Waals surface area contributed by atoms with E-state index in [-0.39, 0.29) is 12.5 Å². The van der Waals surface area contributed by atoms with Crippen LogP contribution in [0.25, 0.3) is 10.9 Å². The minimum atomic E-state index is -0.530. The van der Waals surface area contributed by atoms with Crippen molar-refractivity contribution in [2.45, 2.75) is 39.5 Å². The fourth-order valence-corrected chi connectivity index (χ4v) is 4.33. The van der Waals surface area contributed by atoms with Crippen molar-refractivity contribution < 1.29 is 19.1 Å². The molecule has 7 heteroatoms. The topological polar surface area (TPSA) is 91.5 Å². The Morgan fingerprint density at radius 1 is 0.970 bits per heavy atom. The van der Waals surface area contributed by atoms with Gasteiger partial charge in [-0.05, 0) is 87.6 Å². The van der Waals surface area contributed by atoms with Gasteiger partial charge in [0, 0.05) is 40.9 Å². The lowest BCUT2D eigenvalue weighted by Crippen LogP contribution is -2.30. The Bertz CT molecular complexity index is 1180. The van der Waals surface area contributed by atoms with Crippen LogP contribution in [0, 0.1) is 0 Å². The van der Waals surface area contributed by atoms with Gasteiger partial charge in [0.25, 0.3) is 11.8 Å². The first-order valence-corrected chi connectivity index (χ1v) is 11.5. The molecule has 33 heavy (non-hydrogen) atoms. The minimum Gasteiger partial charge on any atom is -0.452 e. The highest BCUT2D eigenvalue weighted by Gasteiger charge is 2.18. The molecule has 1 heterocycles. The minimum absolute atomic E-state index is 0.0486.